The van der Waals surface area contributed by atoms with Crippen molar-refractivity contribution in [3.05, 3.63) is 42.0 Å². The van der Waals surface area contributed by atoms with Crippen LogP contribution >= 0.6 is 0 Å². The SMILES string of the molecule is CO[C@@]1(c2cc(OC[C@@H](C)O[Si](C)(C)C(C)(C)C)cc(-c3cc(C)n4cnc(NC(C)=O)cc34)n2)CCOC1. The van der Waals surface area contributed by atoms with Gasteiger partial charge in [-0.1, -0.05) is 20.8 Å². The van der Waals surface area contributed by atoms with Gasteiger partial charge in [-0.3, -0.25) is 4.79 Å². The summed E-state index contributed by atoms with van der Waals surface area (Å²) in [5, 5.41) is 2.89. The van der Waals surface area contributed by atoms with Gasteiger partial charge in [0.25, 0.3) is 0 Å². The van der Waals surface area contributed by atoms with Gasteiger partial charge in [-0.2, -0.15) is 0 Å². The number of nitrogens with one attached hydrogen (secondary N) is 1. The van der Waals surface area contributed by atoms with E-state index in [2.05, 4.69) is 57.2 Å². The molecule has 0 radical (unpaired) electrons. The van der Waals surface area contributed by atoms with Crippen LogP contribution in [0.1, 0.15) is 52.4 Å². The van der Waals surface area contributed by atoms with E-state index >= 15 is 0 Å². The van der Waals surface area contributed by atoms with Crippen LogP contribution in [-0.4, -0.2) is 61.6 Å². The third-order valence-corrected chi connectivity index (χ3v) is 12.5. The lowest BCUT2D eigenvalue weighted by molar-refractivity contribution is -0.114. The highest BCUT2D eigenvalue weighted by atomic mass is 28.4. The summed E-state index contributed by atoms with van der Waals surface area (Å²) in [7, 11) is -0.236. The minimum absolute atomic E-state index is 0.0685. The lowest BCUT2D eigenvalue weighted by Crippen LogP contribution is -2.44. The van der Waals surface area contributed by atoms with E-state index in [0.29, 0.717) is 37.8 Å². The molecule has 4 rings (SSSR count). The Morgan fingerprint density at radius 2 is 2.00 bits per heavy atom. The number of aryl methyl sites for hydroxylation is 1. The molecule has 1 aliphatic rings. The highest BCUT2D eigenvalue weighted by Crippen LogP contribution is 2.39. The normalized spacial score (nSPS) is 18.9. The summed E-state index contributed by atoms with van der Waals surface area (Å²) >= 11 is 0. The van der Waals surface area contributed by atoms with Gasteiger partial charge in [0.1, 0.15) is 30.1 Å². The quantitative estimate of drug-likeness (QED) is 0.338. The Bertz CT molecular complexity index is 1340. The summed E-state index contributed by atoms with van der Waals surface area (Å²) < 4.78 is 26.6. The van der Waals surface area contributed by atoms with Crippen molar-refractivity contribution in [3.8, 4) is 17.0 Å². The average molecular weight is 555 g/mol. The molecule has 9 nitrogen and oxygen atoms in total. The smallest absolute Gasteiger partial charge is 0.222 e. The second kappa shape index (κ2) is 11.0. The number of nitrogens with zero attached hydrogens (tertiary/aromatic N) is 3. The fourth-order valence-corrected chi connectivity index (χ4v) is 6.04. The number of carbonyl (C=O) groups excluding carboxylic acids is 1. The number of amides is 1. The first-order valence-corrected chi connectivity index (χ1v) is 16.4. The van der Waals surface area contributed by atoms with Crippen LogP contribution < -0.4 is 10.1 Å². The molecule has 10 heteroatoms. The van der Waals surface area contributed by atoms with Crippen molar-refractivity contribution >= 4 is 25.6 Å². The number of carbonyl (C=O) groups is 1. The number of methoxy groups -OCH3 is 1. The van der Waals surface area contributed by atoms with Crippen molar-refractivity contribution in [1.29, 1.82) is 0 Å². The molecule has 1 fully saturated rings. The van der Waals surface area contributed by atoms with Crippen molar-refractivity contribution in [2.24, 2.45) is 0 Å². The second-order valence-electron chi connectivity index (χ2n) is 12.0. The van der Waals surface area contributed by atoms with Crippen LogP contribution in [0.2, 0.25) is 18.1 Å². The number of pyridine rings is 1. The molecule has 0 unspecified atom stereocenters. The van der Waals surface area contributed by atoms with Gasteiger partial charge in [0, 0.05) is 56.5 Å². The van der Waals surface area contributed by atoms with Gasteiger partial charge < -0.3 is 28.4 Å². The number of anilines is 1. The van der Waals surface area contributed by atoms with Gasteiger partial charge >= 0.3 is 0 Å². The molecule has 3 aromatic heterocycles. The maximum absolute atomic E-state index is 11.7. The van der Waals surface area contributed by atoms with Crippen LogP contribution in [0.15, 0.2) is 30.6 Å². The number of rotatable bonds is 9. The fourth-order valence-electron chi connectivity index (χ4n) is 4.61. The fraction of sp³-hybridized carbons (Fsp3) is 0.552. The highest BCUT2D eigenvalue weighted by Gasteiger charge is 2.40. The molecule has 39 heavy (non-hydrogen) atoms. The first-order valence-electron chi connectivity index (χ1n) is 13.5. The van der Waals surface area contributed by atoms with Crippen LogP contribution in [0.5, 0.6) is 5.75 Å². The Hall–Kier alpha value is -2.79. The number of fused-ring (bicyclic) bond motifs is 1. The predicted octanol–water partition coefficient (Wildman–Crippen LogP) is 5.71. The van der Waals surface area contributed by atoms with Gasteiger partial charge in [0.05, 0.1) is 29.6 Å². The Morgan fingerprint density at radius 3 is 2.62 bits per heavy atom. The summed E-state index contributed by atoms with van der Waals surface area (Å²) in [5.74, 6) is 0.998. The third kappa shape index (κ3) is 6.19. The molecule has 0 aliphatic carbocycles. The largest absolute Gasteiger partial charge is 0.491 e. The van der Waals surface area contributed by atoms with Gasteiger partial charge in [-0.25, -0.2) is 9.97 Å². The number of hydrogen-bond acceptors (Lipinski definition) is 7. The van der Waals surface area contributed by atoms with Gasteiger partial charge in [0.15, 0.2) is 8.32 Å². The molecule has 3 aromatic rings. The van der Waals surface area contributed by atoms with Crippen molar-refractivity contribution in [2.45, 2.75) is 77.8 Å². The van der Waals surface area contributed by atoms with Gasteiger partial charge in [-0.15, -0.1) is 0 Å². The van der Waals surface area contributed by atoms with E-state index in [1.54, 1.807) is 13.4 Å². The van der Waals surface area contributed by atoms with E-state index < -0.39 is 13.9 Å². The lowest BCUT2D eigenvalue weighted by Gasteiger charge is -2.38. The van der Waals surface area contributed by atoms with Gasteiger partial charge in [-0.05, 0) is 38.0 Å². The van der Waals surface area contributed by atoms with Crippen LogP contribution in [0, 0.1) is 6.92 Å². The summed E-state index contributed by atoms with van der Waals surface area (Å²) in [6, 6.07) is 7.84. The molecule has 1 N–H and O–H groups in total. The third-order valence-electron chi connectivity index (χ3n) is 7.86. The molecule has 4 heterocycles. The molecule has 1 aliphatic heterocycles. The van der Waals surface area contributed by atoms with Crippen molar-refractivity contribution in [1.82, 2.24) is 14.4 Å². The van der Waals surface area contributed by atoms with Gasteiger partial charge in [0.2, 0.25) is 5.91 Å². The first kappa shape index (κ1) is 29.2. The van der Waals surface area contributed by atoms with E-state index in [-0.39, 0.29) is 17.0 Å². The second-order valence-corrected chi connectivity index (χ2v) is 16.7. The zero-order chi connectivity index (χ0) is 28.6. The highest BCUT2D eigenvalue weighted by molar-refractivity contribution is 6.74. The van der Waals surface area contributed by atoms with E-state index in [1.165, 1.54) is 6.92 Å². The van der Waals surface area contributed by atoms with Crippen molar-refractivity contribution in [2.75, 3.05) is 32.2 Å². The molecular formula is C29H42N4O5Si. The molecule has 2 atom stereocenters. The summed E-state index contributed by atoms with van der Waals surface area (Å²) in [6.07, 6.45) is 2.35. The van der Waals surface area contributed by atoms with E-state index in [4.69, 9.17) is 23.6 Å². The molecule has 1 saturated heterocycles. The van der Waals surface area contributed by atoms with Crippen LogP contribution in [-0.2, 0) is 24.3 Å². The number of ether oxygens (including phenoxy) is 3. The average Bonchev–Trinajstić information content (AvgIpc) is 3.47. The molecule has 212 valence electrons. The monoisotopic (exact) mass is 554 g/mol. The summed E-state index contributed by atoms with van der Waals surface area (Å²) in [4.78, 5) is 21.1. The maximum atomic E-state index is 11.7. The van der Waals surface area contributed by atoms with E-state index in [0.717, 1.165) is 28.2 Å². The number of hydrogen-bond donors (Lipinski definition) is 1. The van der Waals surface area contributed by atoms with E-state index in [9.17, 15) is 4.79 Å². The first-order chi connectivity index (χ1) is 18.2. The lowest BCUT2D eigenvalue weighted by atomic mass is 9.97. The molecule has 1 amide bonds. The van der Waals surface area contributed by atoms with Crippen LogP contribution in [0.4, 0.5) is 5.82 Å². The zero-order valence-corrected chi connectivity index (χ0v) is 25.7. The standard InChI is InChI=1S/C29H42N4O5Si/c1-19-12-23(25-15-27(31-21(3)34)30-18-33(19)25)24-13-22(14-26(32-24)29(35-7)10-11-36-17-29)37-16-20(2)38-39(8,9)28(4,5)6/h12-15,18,20H,10-11,16-17H2,1-9H3,(H,31,34)/t20-,29+/m1/s1. The Labute approximate surface area is 232 Å². The number of aromatic nitrogens is 3. The predicted molar refractivity (Wildman–Crippen MR) is 155 cm³/mol. The van der Waals surface area contributed by atoms with E-state index in [1.807, 2.05) is 29.5 Å². The summed E-state index contributed by atoms with van der Waals surface area (Å²) in [5.41, 5.74) is 3.65. The molecule has 0 aromatic carbocycles. The van der Waals surface area contributed by atoms with Crippen molar-refractivity contribution < 1.29 is 23.4 Å². The zero-order valence-electron chi connectivity index (χ0n) is 24.7. The maximum Gasteiger partial charge on any atom is 0.222 e. The van der Waals surface area contributed by atoms with Crippen LogP contribution in [0.25, 0.3) is 16.8 Å². The molecule has 0 spiro atoms. The minimum Gasteiger partial charge on any atom is -0.491 e. The molecular weight excluding hydrogens is 512 g/mol. The molecule has 0 bridgehead atoms. The minimum atomic E-state index is -1.93. The topological polar surface area (TPSA) is 96.2 Å². The Morgan fingerprint density at radius 1 is 1.26 bits per heavy atom. The Kier molecular flexibility index (Phi) is 8.23. The van der Waals surface area contributed by atoms with Crippen molar-refractivity contribution in [3.63, 3.8) is 0 Å². The molecule has 0 saturated carbocycles. The van der Waals surface area contributed by atoms with Crippen LogP contribution in [0.3, 0.4) is 0 Å². The summed E-state index contributed by atoms with van der Waals surface area (Å²) in [6.45, 7) is 18.2. The Balaban J connectivity index is 1.73.